The average Bonchev–Trinajstić information content (AvgIpc) is 2.79. The van der Waals surface area contributed by atoms with E-state index in [1.165, 1.54) is 5.56 Å². The highest BCUT2D eigenvalue weighted by atomic mass is 35.5. The van der Waals surface area contributed by atoms with Crippen molar-refractivity contribution in [2.75, 3.05) is 0 Å². The molecule has 0 radical (unpaired) electrons. The monoisotopic (exact) mass is 432 g/mol. The van der Waals surface area contributed by atoms with Crippen molar-refractivity contribution in [2.45, 2.75) is 31.5 Å². The number of benzene rings is 3. The predicted octanol–water partition coefficient (Wildman–Crippen LogP) is 7.22. The zero-order valence-corrected chi connectivity index (χ0v) is 18.1. The Morgan fingerprint density at radius 2 is 1.61 bits per heavy atom. The number of carboxylic acid groups (broad SMARTS) is 1. The first-order valence-corrected chi connectivity index (χ1v) is 10.8. The number of carboxylic acids is 1. The first kappa shape index (κ1) is 21.4. The molecule has 0 bridgehead atoms. The highest BCUT2D eigenvalue weighted by Crippen LogP contribution is 2.51. The van der Waals surface area contributed by atoms with Crippen LogP contribution in [0.4, 0.5) is 0 Å². The zero-order valence-electron chi connectivity index (χ0n) is 17.4. The lowest BCUT2D eigenvalue weighted by Crippen LogP contribution is -2.31. The molecule has 1 fully saturated rings. The minimum Gasteiger partial charge on any atom is -0.478 e. The summed E-state index contributed by atoms with van der Waals surface area (Å²) in [5.74, 6) is -0.756. The summed E-state index contributed by atoms with van der Waals surface area (Å²) in [5.41, 5.74) is 4.42. The predicted molar refractivity (Wildman–Crippen MR) is 124 cm³/mol. The van der Waals surface area contributed by atoms with Crippen LogP contribution in [0.1, 0.15) is 58.5 Å². The third kappa shape index (κ3) is 4.58. The molecule has 1 heterocycles. The van der Waals surface area contributed by atoms with Crippen LogP contribution in [-0.4, -0.2) is 11.1 Å². The van der Waals surface area contributed by atoms with Gasteiger partial charge in [0.15, 0.2) is 0 Å². The number of rotatable bonds is 5. The Kier molecular flexibility index (Phi) is 6.26. The van der Waals surface area contributed by atoms with E-state index in [0.29, 0.717) is 5.02 Å². The summed E-state index contributed by atoms with van der Waals surface area (Å²) < 4.78 is 6.78. The van der Waals surface area contributed by atoms with E-state index in [-0.39, 0.29) is 29.6 Å². The SMILES string of the molecule is C=C(C)[C@@H]1C[C@@H](c2ccc(Cl)cc2)[C@@H](c2ccccc2)O[C@H]1c1cccc(C(=O)O)c1. The Morgan fingerprint density at radius 3 is 2.26 bits per heavy atom. The van der Waals surface area contributed by atoms with Crippen LogP contribution in [0.3, 0.4) is 0 Å². The van der Waals surface area contributed by atoms with Crippen molar-refractivity contribution in [3.63, 3.8) is 0 Å². The standard InChI is InChI=1S/C27H25ClO3/c1-17(2)23-16-24(18-11-13-22(28)14-12-18)25(19-7-4-3-5-8-19)31-26(23)20-9-6-10-21(15-20)27(29)30/h3-15,23-26H,1,16H2,2H3,(H,29,30)/t23-,24-,25+,26-/m0/s1. The van der Waals surface area contributed by atoms with Crippen LogP contribution in [0, 0.1) is 5.92 Å². The number of ether oxygens (including phenoxy) is 1. The molecule has 1 aliphatic rings. The number of halogens is 1. The number of carbonyl (C=O) groups is 1. The maximum absolute atomic E-state index is 11.5. The van der Waals surface area contributed by atoms with Crippen LogP contribution in [0.5, 0.6) is 0 Å². The second-order valence-corrected chi connectivity index (χ2v) is 8.60. The largest absolute Gasteiger partial charge is 0.478 e. The van der Waals surface area contributed by atoms with E-state index in [9.17, 15) is 9.90 Å². The number of aromatic carboxylic acids is 1. The smallest absolute Gasteiger partial charge is 0.335 e. The van der Waals surface area contributed by atoms with Gasteiger partial charge >= 0.3 is 5.97 Å². The Balaban J connectivity index is 1.78. The molecule has 1 saturated heterocycles. The van der Waals surface area contributed by atoms with Gasteiger partial charge in [-0.3, -0.25) is 0 Å². The zero-order chi connectivity index (χ0) is 22.0. The van der Waals surface area contributed by atoms with Crippen molar-refractivity contribution in [1.82, 2.24) is 0 Å². The van der Waals surface area contributed by atoms with Crippen LogP contribution in [0.25, 0.3) is 0 Å². The van der Waals surface area contributed by atoms with Crippen molar-refractivity contribution < 1.29 is 14.6 Å². The summed E-state index contributed by atoms with van der Waals surface area (Å²) in [4.78, 5) is 11.5. The normalized spacial score (nSPS) is 23.3. The molecular weight excluding hydrogens is 408 g/mol. The lowest BCUT2D eigenvalue weighted by Gasteiger charge is -2.43. The van der Waals surface area contributed by atoms with Gasteiger partial charge in [0, 0.05) is 16.9 Å². The molecule has 0 unspecified atom stereocenters. The van der Waals surface area contributed by atoms with Gasteiger partial charge in [0.25, 0.3) is 0 Å². The minimum absolute atomic E-state index is 0.0599. The van der Waals surface area contributed by atoms with Crippen LogP contribution in [0.2, 0.25) is 5.02 Å². The van der Waals surface area contributed by atoms with Crippen LogP contribution < -0.4 is 0 Å². The topological polar surface area (TPSA) is 46.5 Å². The van der Waals surface area contributed by atoms with Gasteiger partial charge in [-0.1, -0.05) is 78.4 Å². The van der Waals surface area contributed by atoms with E-state index in [1.807, 2.05) is 43.3 Å². The molecule has 0 amide bonds. The van der Waals surface area contributed by atoms with Crippen molar-refractivity contribution in [1.29, 1.82) is 0 Å². The van der Waals surface area contributed by atoms with Crippen molar-refractivity contribution in [2.24, 2.45) is 5.92 Å². The van der Waals surface area contributed by atoms with Gasteiger partial charge in [0.2, 0.25) is 0 Å². The van der Waals surface area contributed by atoms with Gasteiger partial charge in [-0.05, 0) is 54.3 Å². The van der Waals surface area contributed by atoms with E-state index in [2.05, 4.69) is 30.8 Å². The highest BCUT2D eigenvalue weighted by Gasteiger charge is 2.40. The molecule has 0 saturated carbocycles. The maximum atomic E-state index is 11.5. The molecule has 3 aromatic carbocycles. The van der Waals surface area contributed by atoms with E-state index in [1.54, 1.807) is 18.2 Å². The summed E-state index contributed by atoms with van der Waals surface area (Å²) >= 11 is 6.13. The van der Waals surface area contributed by atoms with Gasteiger partial charge in [-0.2, -0.15) is 0 Å². The van der Waals surface area contributed by atoms with Crippen molar-refractivity contribution in [3.8, 4) is 0 Å². The summed E-state index contributed by atoms with van der Waals surface area (Å²) in [6.07, 6.45) is 0.403. The molecule has 3 aromatic rings. The second-order valence-electron chi connectivity index (χ2n) is 8.17. The molecule has 0 aromatic heterocycles. The molecule has 3 nitrogen and oxygen atoms in total. The second kappa shape index (κ2) is 9.09. The van der Waals surface area contributed by atoms with E-state index in [0.717, 1.165) is 23.1 Å². The molecule has 4 atom stereocenters. The lowest BCUT2D eigenvalue weighted by atomic mass is 9.74. The fourth-order valence-electron chi connectivity index (χ4n) is 4.46. The van der Waals surface area contributed by atoms with Crippen molar-refractivity contribution >= 4 is 17.6 Å². The summed E-state index contributed by atoms with van der Waals surface area (Å²) in [6, 6.07) is 25.2. The quantitative estimate of drug-likeness (QED) is 0.433. The van der Waals surface area contributed by atoms with Crippen molar-refractivity contribution in [3.05, 3.63) is 118 Å². The molecular formula is C27H25ClO3. The fraction of sp³-hybridized carbons (Fsp3) is 0.222. The Labute approximate surface area is 188 Å². The fourth-order valence-corrected chi connectivity index (χ4v) is 4.59. The van der Waals surface area contributed by atoms with E-state index >= 15 is 0 Å². The molecule has 1 N–H and O–H groups in total. The number of hydrogen-bond donors (Lipinski definition) is 1. The first-order chi connectivity index (χ1) is 14.9. The summed E-state index contributed by atoms with van der Waals surface area (Å²) in [6.45, 7) is 6.25. The van der Waals surface area contributed by atoms with Gasteiger partial charge < -0.3 is 9.84 Å². The van der Waals surface area contributed by atoms with Gasteiger partial charge in [0.1, 0.15) is 0 Å². The van der Waals surface area contributed by atoms with Crippen LogP contribution in [-0.2, 0) is 4.74 Å². The molecule has 0 aliphatic carbocycles. The highest BCUT2D eigenvalue weighted by molar-refractivity contribution is 6.30. The average molecular weight is 433 g/mol. The molecule has 31 heavy (non-hydrogen) atoms. The van der Waals surface area contributed by atoms with Crippen LogP contribution >= 0.6 is 11.6 Å². The van der Waals surface area contributed by atoms with Gasteiger partial charge in [-0.25, -0.2) is 4.79 Å². The van der Waals surface area contributed by atoms with E-state index in [4.69, 9.17) is 16.3 Å². The molecule has 4 heteroatoms. The summed E-state index contributed by atoms with van der Waals surface area (Å²) in [5, 5.41) is 10.2. The third-order valence-corrected chi connectivity index (χ3v) is 6.31. The van der Waals surface area contributed by atoms with E-state index < -0.39 is 5.97 Å². The lowest BCUT2D eigenvalue weighted by molar-refractivity contribution is -0.0918. The molecule has 0 spiro atoms. The van der Waals surface area contributed by atoms with Gasteiger partial charge in [-0.15, -0.1) is 0 Å². The van der Waals surface area contributed by atoms with Crippen LogP contribution in [0.15, 0.2) is 91.0 Å². The number of hydrogen-bond acceptors (Lipinski definition) is 2. The Morgan fingerprint density at radius 1 is 0.935 bits per heavy atom. The summed E-state index contributed by atoms with van der Waals surface area (Å²) in [7, 11) is 0. The molecule has 1 aliphatic heterocycles. The molecule has 158 valence electrons. The minimum atomic E-state index is -0.941. The Hall–Kier alpha value is -2.88. The van der Waals surface area contributed by atoms with Gasteiger partial charge in [0.05, 0.1) is 17.8 Å². The molecule has 4 rings (SSSR count). The third-order valence-electron chi connectivity index (χ3n) is 6.05. The maximum Gasteiger partial charge on any atom is 0.335 e. The Bertz CT molecular complexity index is 1080. The first-order valence-electron chi connectivity index (χ1n) is 10.4.